The van der Waals surface area contributed by atoms with Crippen LogP contribution in [-0.2, 0) is 0 Å². The summed E-state index contributed by atoms with van der Waals surface area (Å²) in [5, 5.41) is 13.4. The third-order valence-corrected chi connectivity index (χ3v) is 11.6. The van der Waals surface area contributed by atoms with Crippen molar-refractivity contribution in [1.82, 2.24) is 14.5 Å². The average molecular weight is 702 g/mol. The van der Waals surface area contributed by atoms with Crippen LogP contribution in [0.4, 0.5) is 0 Å². The molecule has 5 heteroatoms. The van der Waals surface area contributed by atoms with E-state index in [1.165, 1.54) is 32.7 Å². The zero-order valence-corrected chi connectivity index (χ0v) is 29.2. The number of hydrogen-bond acceptors (Lipinski definition) is 4. The van der Waals surface area contributed by atoms with Crippen LogP contribution in [0.3, 0.4) is 0 Å². The molecule has 254 valence electrons. The van der Waals surface area contributed by atoms with Crippen LogP contribution in [0.1, 0.15) is 0 Å². The Morgan fingerprint density at radius 3 is 1.76 bits per heavy atom. The van der Waals surface area contributed by atoms with E-state index in [9.17, 15) is 0 Å². The number of para-hydroxylation sites is 1. The number of rotatable bonds is 3. The molecule has 0 unspecified atom stereocenters. The summed E-state index contributed by atoms with van der Waals surface area (Å²) in [5.74, 6) is 0.551. The average Bonchev–Trinajstić information content (AvgIpc) is 3.92. The second-order valence-corrected chi connectivity index (χ2v) is 14.4. The van der Waals surface area contributed by atoms with Crippen molar-refractivity contribution in [2.75, 3.05) is 0 Å². The molecule has 0 spiro atoms. The van der Waals surface area contributed by atoms with Crippen molar-refractivity contribution in [3.05, 3.63) is 164 Å². The molecule has 0 bridgehead atoms. The molecule has 0 radical (unpaired) electrons. The van der Waals surface area contributed by atoms with Crippen molar-refractivity contribution >= 4 is 98.1 Å². The summed E-state index contributed by atoms with van der Waals surface area (Å²) in [6, 6.07) is 57.7. The minimum atomic E-state index is 0.551. The van der Waals surface area contributed by atoms with Crippen molar-refractivity contribution in [3.63, 3.8) is 0 Å². The first-order valence-corrected chi connectivity index (χ1v) is 18.6. The molecule has 0 aliphatic carbocycles. The minimum Gasteiger partial charge on any atom is -0.456 e. The van der Waals surface area contributed by atoms with Gasteiger partial charge in [0.25, 0.3) is 0 Å². The zero-order valence-electron chi connectivity index (χ0n) is 29.2. The summed E-state index contributed by atoms with van der Waals surface area (Å²) in [4.78, 5) is 10.9. The summed E-state index contributed by atoms with van der Waals surface area (Å²) in [6.07, 6.45) is 0. The lowest BCUT2D eigenvalue weighted by Crippen LogP contribution is -2.03. The Labute approximate surface area is 312 Å². The maximum atomic E-state index is 6.62. The van der Waals surface area contributed by atoms with E-state index in [0.717, 1.165) is 82.1 Å². The van der Waals surface area contributed by atoms with Crippen molar-refractivity contribution in [2.24, 2.45) is 0 Å². The molecule has 55 heavy (non-hydrogen) atoms. The minimum absolute atomic E-state index is 0.551. The normalized spacial score (nSPS) is 12.4. The summed E-state index contributed by atoms with van der Waals surface area (Å²) < 4.78 is 15.4. The van der Waals surface area contributed by atoms with Crippen LogP contribution in [-0.4, -0.2) is 14.5 Å². The van der Waals surface area contributed by atoms with Gasteiger partial charge >= 0.3 is 0 Å². The quantitative estimate of drug-likeness (QED) is 0.184. The maximum absolute atomic E-state index is 6.62. The van der Waals surface area contributed by atoms with E-state index in [2.05, 4.69) is 150 Å². The SMILES string of the molecule is c1ccc(-c2ccc(-c3nc(-n4c5cccc6c7ccccc7c7cccc8oc9ccc4c(c9c87)c65)nc4oc5ccccc5c34)c3ccccc23)cc1. The second kappa shape index (κ2) is 10.6. The molecule has 0 N–H and O–H groups in total. The van der Waals surface area contributed by atoms with Gasteiger partial charge in [0.1, 0.15) is 16.7 Å². The molecule has 13 aromatic rings. The van der Waals surface area contributed by atoms with Crippen LogP contribution in [0.15, 0.2) is 173 Å². The Morgan fingerprint density at radius 2 is 0.945 bits per heavy atom. The fraction of sp³-hybridized carbons (Fsp3) is 0. The first-order valence-electron chi connectivity index (χ1n) is 18.6. The Kier molecular flexibility index (Phi) is 5.57. The third-order valence-electron chi connectivity index (χ3n) is 11.6. The molecule has 0 aliphatic heterocycles. The van der Waals surface area contributed by atoms with Crippen LogP contribution >= 0.6 is 0 Å². The van der Waals surface area contributed by atoms with E-state index in [4.69, 9.17) is 18.8 Å². The predicted octanol–water partition coefficient (Wildman–Crippen LogP) is 13.6. The van der Waals surface area contributed by atoms with Gasteiger partial charge in [0, 0.05) is 32.5 Å². The van der Waals surface area contributed by atoms with Gasteiger partial charge in [-0.05, 0) is 73.8 Å². The molecule has 0 atom stereocenters. The van der Waals surface area contributed by atoms with Crippen molar-refractivity contribution < 1.29 is 8.83 Å². The van der Waals surface area contributed by atoms with Crippen molar-refractivity contribution in [1.29, 1.82) is 0 Å². The molecule has 4 heterocycles. The van der Waals surface area contributed by atoms with E-state index >= 15 is 0 Å². The van der Waals surface area contributed by atoms with Gasteiger partial charge in [-0.25, -0.2) is 4.98 Å². The molecule has 0 amide bonds. The number of benzene rings is 8. The Bertz CT molecular complexity index is 3720. The highest BCUT2D eigenvalue weighted by molar-refractivity contribution is 6.38. The number of furan rings is 2. The van der Waals surface area contributed by atoms with E-state index in [-0.39, 0.29) is 0 Å². The molecular formula is C50H27N3O2. The molecule has 0 saturated heterocycles. The molecule has 4 aromatic heterocycles. The Hall–Kier alpha value is -7.50. The molecule has 0 saturated carbocycles. The zero-order chi connectivity index (χ0) is 35.8. The summed E-state index contributed by atoms with van der Waals surface area (Å²) in [5.41, 5.74) is 9.32. The number of hydrogen-bond donors (Lipinski definition) is 0. The fourth-order valence-electron chi connectivity index (χ4n) is 9.36. The highest BCUT2D eigenvalue weighted by Crippen LogP contribution is 2.47. The smallest absolute Gasteiger partial charge is 0.238 e. The van der Waals surface area contributed by atoms with E-state index in [1.807, 2.05) is 18.2 Å². The fourth-order valence-corrected chi connectivity index (χ4v) is 9.36. The van der Waals surface area contributed by atoms with Crippen LogP contribution in [0.25, 0.3) is 126 Å². The third kappa shape index (κ3) is 3.81. The number of fused-ring (bicyclic) bond motifs is 7. The van der Waals surface area contributed by atoms with Gasteiger partial charge in [0.15, 0.2) is 0 Å². The summed E-state index contributed by atoms with van der Waals surface area (Å²) >= 11 is 0. The lowest BCUT2D eigenvalue weighted by atomic mass is 9.93. The molecule has 0 fully saturated rings. The number of nitrogens with zero attached hydrogens (tertiary/aromatic N) is 3. The lowest BCUT2D eigenvalue weighted by molar-refractivity contribution is 0.651. The molecule has 0 aliphatic rings. The van der Waals surface area contributed by atoms with Gasteiger partial charge in [0.05, 0.1) is 22.1 Å². The van der Waals surface area contributed by atoms with Crippen molar-refractivity contribution in [3.8, 4) is 28.3 Å². The van der Waals surface area contributed by atoms with Gasteiger partial charge in [-0.1, -0.05) is 133 Å². The standard InChI is InChI=1S/C50H27N3O2/c1-2-12-28(13-3-1)29-24-25-36(33-17-7-4-14-30(29)33)48-45-37-18-8-9-22-40(37)55-49(45)52-50(51-48)53-38-21-10-19-34-31-15-5-6-16-32(31)35-20-11-23-41-44(35)47-42(54-41)27-26-39(53)46(47)43(34)38/h1-27H. The van der Waals surface area contributed by atoms with Crippen LogP contribution in [0.2, 0.25) is 0 Å². The van der Waals surface area contributed by atoms with Gasteiger partial charge in [0.2, 0.25) is 11.7 Å². The summed E-state index contributed by atoms with van der Waals surface area (Å²) in [7, 11) is 0. The first kappa shape index (κ1) is 29.0. The first-order chi connectivity index (χ1) is 27.3. The van der Waals surface area contributed by atoms with Crippen molar-refractivity contribution in [2.45, 2.75) is 0 Å². The van der Waals surface area contributed by atoms with Crippen LogP contribution in [0.5, 0.6) is 0 Å². The summed E-state index contributed by atoms with van der Waals surface area (Å²) in [6.45, 7) is 0. The highest BCUT2D eigenvalue weighted by atomic mass is 16.3. The predicted molar refractivity (Wildman–Crippen MR) is 226 cm³/mol. The van der Waals surface area contributed by atoms with Gasteiger partial charge in [-0.15, -0.1) is 0 Å². The monoisotopic (exact) mass is 701 g/mol. The largest absolute Gasteiger partial charge is 0.456 e. The lowest BCUT2D eigenvalue weighted by Gasteiger charge is -2.14. The number of aromatic nitrogens is 3. The van der Waals surface area contributed by atoms with E-state index in [0.29, 0.717) is 11.7 Å². The van der Waals surface area contributed by atoms with Gasteiger partial charge < -0.3 is 8.83 Å². The van der Waals surface area contributed by atoms with E-state index in [1.54, 1.807) is 0 Å². The molecule has 13 rings (SSSR count). The molecule has 5 nitrogen and oxygen atoms in total. The van der Waals surface area contributed by atoms with Gasteiger partial charge in [-0.3, -0.25) is 4.57 Å². The molecule has 9 aromatic carbocycles. The van der Waals surface area contributed by atoms with Crippen LogP contribution < -0.4 is 0 Å². The second-order valence-electron chi connectivity index (χ2n) is 14.4. The Morgan fingerprint density at radius 1 is 0.345 bits per heavy atom. The van der Waals surface area contributed by atoms with E-state index < -0.39 is 0 Å². The highest BCUT2D eigenvalue weighted by Gasteiger charge is 2.26. The maximum Gasteiger partial charge on any atom is 0.238 e. The van der Waals surface area contributed by atoms with Crippen LogP contribution in [0, 0.1) is 0 Å². The van der Waals surface area contributed by atoms with Gasteiger partial charge in [-0.2, -0.15) is 4.98 Å². The molecular weight excluding hydrogens is 675 g/mol. The Balaban J connectivity index is 1.21. The topological polar surface area (TPSA) is 57.0 Å².